The molecular formula is C12H11NO4. The molecule has 2 aliphatic heterocycles. The number of pyridine rings is 1. The number of ketones is 1. The molecule has 0 radical (unpaired) electrons. The minimum Gasteiger partial charge on any atom is -0.491 e. The van der Waals surface area contributed by atoms with Gasteiger partial charge in [0.05, 0.1) is 11.3 Å². The SMILES string of the molecule is C=C1OCc2c(cc3n(c2=O)CCC3=O)C1O. The number of hydrogen-bond acceptors (Lipinski definition) is 4. The fourth-order valence-corrected chi connectivity index (χ4v) is 2.31. The zero-order chi connectivity index (χ0) is 12.2. The summed E-state index contributed by atoms with van der Waals surface area (Å²) in [4.78, 5) is 23.7. The number of Topliss-reactive ketones (excluding diaryl/α,β-unsaturated/α-hetero) is 1. The third-order valence-electron chi connectivity index (χ3n) is 3.28. The third kappa shape index (κ3) is 1.29. The van der Waals surface area contributed by atoms with E-state index in [1.807, 2.05) is 0 Å². The lowest BCUT2D eigenvalue weighted by Crippen LogP contribution is -2.30. The summed E-state index contributed by atoms with van der Waals surface area (Å²) in [5, 5.41) is 9.89. The van der Waals surface area contributed by atoms with Crippen LogP contribution in [0.2, 0.25) is 0 Å². The Balaban J connectivity index is 2.30. The monoisotopic (exact) mass is 233 g/mol. The van der Waals surface area contributed by atoms with Crippen LogP contribution in [-0.4, -0.2) is 15.5 Å². The smallest absolute Gasteiger partial charge is 0.258 e. The van der Waals surface area contributed by atoms with Gasteiger partial charge in [-0.2, -0.15) is 0 Å². The number of carbonyl (C=O) groups is 1. The minimum atomic E-state index is -1.02. The van der Waals surface area contributed by atoms with E-state index < -0.39 is 6.10 Å². The molecule has 5 heteroatoms. The van der Waals surface area contributed by atoms with E-state index in [0.29, 0.717) is 29.8 Å². The van der Waals surface area contributed by atoms with Crippen molar-refractivity contribution < 1.29 is 14.6 Å². The zero-order valence-electron chi connectivity index (χ0n) is 9.10. The maximum Gasteiger partial charge on any atom is 0.258 e. The van der Waals surface area contributed by atoms with Gasteiger partial charge in [0.25, 0.3) is 5.56 Å². The first kappa shape index (κ1) is 10.3. The quantitative estimate of drug-likeness (QED) is 0.709. The molecule has 0 aliphatic carbocycles. The summed E-state index contributed by atoms with van der Waals surface area (Å²) in [6.45, 7) is 4.09. The van der Waals surface area contributed by atoms with Crippen molar-refractivity contribution >= 4 is 5.78 Å². The lowest BCUT2D eigenvalue weighted by molar-refractivity contribution is 0.0751. The molecule has 1 unspecified atom stereocenters. The van der Waals surface area contributed by atoms with E-state index in [1.54, 1.807) is 6.07 Å². The predicted molar refractivity (Wildman–Crippen MR) is 58.5 cm³/mol. The molecule has 0 aromatic carbocycles. The highest BCUT2D eigenvalue weighted by Gasteiger charge is 2.30. The van der Waals surface area contributed by atoms with Crippen LogP contribution in [0.5, 0.6) is 0 Å². The molecule has 2 aliphatic rings. The molecule has 1 N–H and O–H groups in total. The third-order valence-corrected chi connectivity index (χ3v) is 3.28. The van der Waals surface area contributed by atoms with E-state index in [4.69, 9.17) is 4.74 Å². The van der Waals surface area contributed by atoms with Crippen LogP contribution < -0.4 is 5.56 Å². The van der Waals surface area contributed by atoms with Gasteiger partial charge in [0.1, 0.15) is 18.5 Å². The topological polar surface area (TPSA) is 68.5 Å². The largest absolute Gasteiger partial charge is 0.491 e. The Hall–Kier alpha value is -1.88. The van der Waals surface area contributed by atoms with E-state index >= 15 is 0 Å². The second-order valence-corrected chi connectivity index (χ2v) is 4.25. The average Bonchev–Trinajstić information content (AvgIpc) is 2.67. The first-order valence-corrected chi connectivity index (χ1v) is 5.39. The summed E-state index contributed by atoms with van der Waals surface area (Å²) < 4.78 is 6.59. The summed E-state index contributed by atoms with van der Waals surface area (Å²) in [6, 6.07) is 1.59. The number of aliphatic hydroxyl groups is 1. The fourth-order valence-electron chi connectivity index (χ4n) is 2.31. The van der Waals surface area contributed by atoms with E-state index in [9.17, 15) is 14.7 Å². The molecule has 0 saturated heterocycles. The standard InChI is InChI=1S/C12H11NO4/c1-6-11(15)7-4-9-10(14)2-3-13(9)12(16)8(7)5-17-6/h4,11,15H,1-3,5H2. The van der Waals surface area contributed by atoms with Crippen molar-refractivity contribution in [3.63, 3.8) is 0 Å². The van der Waals surface area contributed by atoms with Crippen LogP contribution in [0.25, 0.3) is 0 Å². The molecule has 17 heavy (non-hydrogen) atoms. The van der Waals surface area contributed by atoms with Gasteiger partial charge >= 0.3 is 0 Å². The van der Waals surface area contributed by atoms with Gasteiger partial charge in [-0.05, 0) is 6.07 Å². The van der Waals surface area contributed by atoms with Gasteiger partial charge in [-0.15, -0.1) is 0 Å². The molecule has 1 atom stereocenters. The number of ether oxygens (including phenoxy) is 1. The van der Waals surface area contributed by atoms with Gasteiger partial charge in [-0.1, -0.05) is 6.58 Å². The van der Waals surface area contributed by atoms with E-state index in [1.165, 1.54) is 4.57 Å². The van der Waals surface area contributed by atoms with E-state index in [-0.39, 0.29) is 23.7 Å². The van der Waals surface area contributed by atoms with Crippen LogP contribution in [0.15, 0.2) is 23.2 Å². The van der Waals surface area contributed by atoms with Crippen molar-refractivity contribution in [2.24, 2.45) is 0 Å². The molecule has 0 bridgehead atoms. The Kier molecular flexibility index (Phi) is 2.00. The molecule has 3 rings (SSSR count). The summed E-state index contributed by atoms with van der Waals surface area (Å²) in [7, 11) is 0. The Morgan fingerprint density at radius 2 is 2.24 bits per heavy atom. The highest BCUT2D eigenvalue weighted by Crippen LogP contribution is 2.31. The summed E-state index contributed by atoms with van der Waals surface area (Å²) in [5.41, 5.74) is 1.01. The van der Waals surface area contributed by atoms with Crippen molar-refractivity contribution in [2.75, 3.05) is 0 Å². The predicted octanol–water partition coefficient (Wildman–Crippen LogP) is 0.512. The van der Waals surface area contributed by atoms with Gasteiger partial charge in [-0.3, -0.25) is 9.59 Å². The number of carbonyl (C=O) groups excluding carboxylic acids is 1. The first-order chi connectivity index (χ1) is 8.09. The van der Waals surface area contributed by atoms with Gasteiger partial charge < -0.3 is 14.4 Å². The maximum atomic E-state index is 12.1. The van der Waals surface area contributed by atoms with E-state index in [0.717, 1.165) is 0 Å². The second-order valence-electron chi connectivity index (χ2n) is 4.25. The number of aromatic nitrogens is 1. The molecule has 0 spiro atoms. The maximum absolute atomic E-state index is 12.1. The molecule has 5 nitrogen and oxygen atoms in total. The fraction of sp³-hybridized carbons (Fsp3) is 0.333. The Labute approximate surface area is 96.9 Å². The van der Waals surface area contributed by atoms with E-state index in [2.05, 4.69) is 6.58 Å². The van der Waals surface area contributed by atoms with Gasteiger partial charge in [0.15, 0.2) is 5.78 Å². The van der Waals surface area contributed by atoms with Crippen LogP contribution in [0.3, 0.4) is 0 Å². The molecule has 3 heterocycles. The second kappa shape index (κ2) is 3.30. The lowest BCUT2D eigenvalue weighted by Gasteiger charge is -2.24. The van der Waals surface area contributed by atoms with Crippen molar-refractivity contribution in [1.29, 1.82) is 0 Å². The highest BCUT2D eigenvalue weighted by molar-refractivity contribution is 5.96. The molecule has 1 aromatic rings. The number of hydrogen-bond donors (Lipinski definition) is 1. The Morgan fingerprint density at radius 3 is 3.00 bits per heavy atom. The van der Waals surface area contributed by atoms with Gasteiger partial charge in [0, 0.05) is 18.5 Å². The Morgan fingerprint density at radius 1 is 1.47 bits per heavy atom. The summed E-state index contributed by atoms with van der Waals surface area (Å²) in [5.74, 6) is 0.154. The van der Waals surface area contributed by atoms with Crippen LogP contribution in [0.4, 0.5) is 0 Å². The number of aliphatic hydroxyl groups excluding tert-OH is 1. The number of fused-ring (bicyclic) bond motifs is 2. The van der Waals surface area contributed by atoms with Crippen molar-refractivity contribution in [3.05, 3.63) is 45.6 Å². The average molecular weight is 233 g/mol. The van der Waals surface area contributed by atoms with Crippen LogP contribution in [-0.2, 0) is 17.9 Å². The van der Waals surface area contributed by atoms with Gasteiger partial charge in [0.2, 0.25) is 0 Å². The summed E-state index contributed by atoms with van der Waals surface area (Å²) in [6.07, 6.45) is -0.679. The van der Waals surface area contributed by atoms with Crippen LogP contribution in [0, 0.1) is 0 Å². The molecule has 0 saturated carbocycles. The molecule has 0 fully saturated rings. The van der Waals surface area contributed by atoms with Crippen molar-refractivity contribution in [3.8, 4) is 0 Å². The van der Waals surface area contributed by atoms with Gasteiger partial charge in [-0.25, -0.2) is 0 Å². The number of nitrogens with zero attached hydrogens (tertiary/aromatic N) is 1. The lowest BCUT2D eigenvalue weighted by atomic mass is 9.99. The number of rotatable bonds is 0. The zero-order valence-corrected chi connectivity index (χ0v) is 9.10. The van der Waals surface area contributed by atoms with Crippen LogP contribution >= 0.6 is 0 Å². The molecule has 88 valence electrons. The normalized spacial score (nSPS) is 22.1. The van der Waals surface area contributed by atoms with Crippen molar-refractivity contribution in [2.45, 2.75) is 25.7 Å². The Bertz CT molecular complexity index is 599. The van der Waals surface area contributed by atoms with Crippen molar-refractivity contribution in [1.82, 2.24) is 4.57 Å². The molecule has 0 amide bonds. The van der Waals surface area contributed by atoms with Crippen LogP contribution in [0.1, 0.15) is 34.1 Å². The molecular weight excluding hydrogens is 222 g/mol. The summed E-state index contributed by atoms with van der Waals surface area (Å²) >= 11 is 0. The first-order valence-electron chi connectivity index (χ1n) is 5.39. The highest BCUT2D eigenvalue weighted by atomic mass is 16.5. The molecule has 1 aromatic heterocycles. The minimum absolute atomic E-state index is 0.0609.